The normalized spacial score (nSPS) is 28.9. The summed E-state index contributed by atoms with van der Waals surface area (Å²) in [5.41, 5.74) is -0.543. The lowest BCUT2D eigenvalue weighted by Gasteiger charge is -2.37. The third-order valence-electron chi connectivity index (χ3n) is 4.71. The number of nitrogens with one attached hydrogen (secondary N) is 2. The number of aliphatic carboxylic acids is 1. The maximum atomic E-state index is 12.1. The summed E-state index contributed by atoms with van der Waals surface area (Å²) in [4.78, 5) is 23.2. The van der Waals surface area contributed by atoms with E-state index in [9.17, 15) is 9.59 Å². The van der Waals surface area contributed by atoms with Gasteiger partial charge in [-0.25, -0.2) is 4.79 Å². The fraction of sp³-hybridized carbons (Fsp3) is 0.867. The van der Waals surface area contributed by atoms with Crippen LogP contribution in [0.25, 0.3) is 0 Å². The second-order valence-electron chi connectivity index (χ2n) is 6.63. The third kappa shape index (κ3) is 4.12. The van der Waals surface area contributed by atoms with Gasteiger partial charge in [-0.3, -0.25) is 4.79 Å². The van der Waals surface area contributed by atoms with Crippen LogP contribution >= 0.6 is 0 Å². The van der Waals surface area contributed by atoms with E-state index in [0.29, 0.717) is 5.92 Å². The molecule has 2 rings (SSSR count). The molecule has 2 aliphatic rings. The fourth-order valence-corrected chi connectivity index (χ4v) is 3.66. The summed E-state index contributed by atoms with van der Waals surface area (Å²) in [6, 6.07) is 0.0581. The first kappa shape index (κ1) is 15.1. The van der Waals surface area contributed by atoms with E-state index in [4.69, 9.17) is 5.11 Å². The van der Waals surface area contributed by atoms with E-state index in [1.165, 1.54) is 0 Å². The lowest BCUT2D eigenvalue weighted by molar-refractivity contribution is -0.139. The first-order chi connectivity index (χ1) is 9.49. The van der Waals surface area contributed by atoms with Gasteiger partial charge in [0.1, 0.15) is 0 Å². The average Bonchev–Trinajstić information content (AvgIpc) is 2.74. The van der Waals surface area contributed by atoms with Crippen LogP contribution in [0.15, 0.2) is 0 Å². The Morgan fingerprint density at radius 1 is 1.20 bits per heavy atom. The van der Waals surface area contributed by atoms with Crippen molar-refractivity contribution in [3.8, 4) is 0 Å². The van der Waals surface area contributed by atoms with Gasteiger partial charge < -0.3 is 15.7 Å². The molecule has 20 heavy (non-hydrogen) atoms. The van der Waals surface area contributed by atoms with Crippen molar-refractivity contribution in [3.63, 3.8) is 0 Å². The highest BCUT2D eigenvalue weighted by atomic mass is 16.4. The highest BCUT2D eigenvalue weighted by molar-refractivity contribution is 5.77. The van der Waals surface area contributed by atoms with E-state index in [2.05, 4.69) is 17.6 Å². The van der Waals surface area contributed by atoms with Crippen molar-refractivity contribution < 1.29 is 14.7 Å². The van der Waals surface area contributed by atoms with Crippen LogP contribution in [0.3, 0.4) is 0 Å². The number of hydrogen-bond acceptors (Lipinski definition) is 2. The first-order valence-corrected chi connectivity index (χ1v) is 7.80. The van der Waals surface area contributed by atoms with Crippen molar-refractivity contribution in [2.75, 3.05) is 0 Å². The lowest BCUT2D eigenvalue weighted by atomic mass is 9.79. The van der Waals surface area contributed by atoms with E-state index in [1.807, 2.05) is 0 Å². The number of urea groups is 1. The van der Waals surface area contributed by atoms with E-state index < -0.39 is 11.5 Å². The van der Waals surface area contributed by atoms with Gasteiger partial charge in [-0.15, -0.1) is 0 Å². The minimum absolute atomic E-state index is 0.0293. The number of carbonyl (C=O) groups is 2. The van der Waals surface area contributed by atoms with Gasteiger partial charge in [-0.1, -0.05) is 26.2 Å². The standard InChI is InChI=1S/C15H26N2O3/c1-11-5-6-12(9-11)16-14(20)17-15(10-13(18)19)7-3-2-4-8-15/h11-12H,2-10H2,1H3,(H,18,19)(H2,16,17,20). The topological polar surface area (TPSA) is 78.4 Å². The largest absolute Gasteiger partial charge is 0.481 e. The molecule has 2 atom stereocenters. The zero-order valence-corrected chi connectivity index (χ0v) is 12.3. The predicted molar refractivity (Wildman–Crippen MR) is 76.5 cm³/mol. The maximum Gasteiger partial charge on any atom is 0.315 e. The van der Waals surface area contributed by atoms with Gasteiger partial charge in [0.05, 0.1) is 12.0 Å². The molecule has 0 bridgehead atoms. The summed E-state index contributed by atoms with van der Waals surface area (Å²) in [5, 5.41) is 15.1. The summed E-state index contributed by atoms with van der Waals surface area (Å²) in [7, 11) is 0. The maximum absolute atomic E-state index is 12.1. The molecule has 5 heteroatoms. The molecule has 5 nitrogen and oxygen atoms in total. The summed E-state index contributed by atoms with van der Waals surface area (Å²) < 4.78 is 0. The second kappa shape index (κ2) is 6.46. The summed E-state index contributed by atoms with van der Waals surface area (Å²) >= 11 is 0. The Hall–Kier alpha value is -1.26. The molecule has 0 aromatic carbocycles. The van der Waals surface area contributed by atoms with Crippen LogP contribution in [0.2, 0.25) is 0 Å². The minimum Gasteiger partial charge on any atom is -0.481 e. The van der Waals surface area contributed by atoms with Gasteiger partial charge in [-0.05, 0) is 38.0 Å². The summed E-state index contributed by atoms with van der Waals surface area (Å²) in [6.07, 6.45) is 7.90. The summed E-state index contributed by atoms with van der Waals surface area (Å²) in [5.74, 6) is -0.162. The molecule has 2 aliphatic carbocycles. The Morgan fingerprint density at radius 2 is 1.90 bits per heavy atom. The molecule has 0 aromatic heterocycles. The Labute approximate surface area is 120 Å². The quantitative estimate of drug-likeness (QED) is 0.741. The minimum atomic E-state index is -0.832. The van der Waals surface area contributed by atoms with E-state index in [0.717, 1.165) is 51.4 Å². The van der Waals surface area contributed by atoms with Crippen molar-refractivity contribution in [1.82, 2.24) is 10.6 Å². The molecule has 2 amide bonds. The Kier molecular flexibility index (Phi) is 4.89. The molecular weight excluding hydrogens is 256 g/mol. The smallest absolute Gasteiger partial charge is 0.315 e. The van der Waals surface area contributed by atoms with Gasteiger partial charge in [0.25, 0.3) is 0 Å². The van der Waals surface area contributed by atoms with Crippen LogP contribution in [0.4, 0.5) is 4.79 Å². The van der Waals surface area contributed by atoms with Crippen LogP contribution in [0.5, 0.6) is 0 Å². The number of rotatable bonds is 4. The second-order valence-corrected chi connectivity index (χ2v) is 6.63. The molecule has 0 spiro atoms. The lowest BCUT2D eigenvalue weighted by Crippen LogP contribution is -2.55. The Morgan fingerprint density at radius 3 is 2.45 bits per heavy atom. The first-order valence-electron chi connectivity index (χ1n) is 7.80. The van der Waals surface area contributed by atoms with Crippen LogP contribution < -0.4 is 10.6 Å². The van der Waals surface area contributed by atoms with Crippen molar-refractivity contribution >= 4 is 12.0 Å². The molecule has 0 aliphatic heterocycles. The molecule has 2 unspecified atom stereocenters. The van der Waals surface area contributed by atoms with Gasteiger partial charge in [-0.2, -0.15) is 0 Å². The van der Waals surface area contributed by atoms with Crippen LogP contribution in [0, 0.1) is 5.92 Å². The summed E-state index contributed by atoms with van der Waals surface area (Å²) in [6.45, 7) is 2.20. The zero-order valence-electron chi connectivity index (χ0n) is 12.3. The van der Waals surface area contributed by atoms with Crippen LogP contribution in [-0.4, -0.2) is 28.7 Å². The molecule has 114 valence electrons. The third-order valence-corrected chi connectivity index (χ3v) is 4.71. The molecule has 2 fully saturated rings. The molecule has 0 heterocycles. The number of carbonyl (C=O) groups excluding carboxylic acids is 1. The number of carboxylic acid groups (broad SMARTS) is 1. The Balaban J connectivity index is 1.89. The van der Waals surface area contributed by atoms with E-state index in [1.54, 1.807) is 0 Å². The number of amides is 2. The SMILES string of the molecule is CC1CCC(NC(=O)NC2(CC(=O)O)CCCCC2)C1. The predicted octanol–water partition coefficient (Wildman–Crippen LogP) is 2.65. The van der Waals surface area contributed by atoms with Gasteiger partial charge in [0.2, 0.25) is 0 Å². The number of carboxylic acids is 1. The monoisotopic (exact) mass is 282 g/mol. The highest BCUT2D eigenvalue weighted by Crippen LogP contribution is 2.31. The molecular formula is C15H26N2O3. The van der Waals surface area contributed by atoms with E-state index >= 15 is 0 Å². The van der Waals surface area contributed by atoms with Gasteiger partial charge in [0.15, 0.2) is 0 Å². The molecule has 0 saturated heterocycles. The van der Waals surface area contributed by atoms with Crippen molar-refractivity contribution in [2.45, 2.75) is 76.3 Å². The molecule has 0 radical (unpaired) electrons. The van der Waals surface area contributed by atoms with Crippen LogP contribution in [0.1, 0.15) is 64.7 Å². The molecule has 0 aromatic rings. The van der Waals surface area contributed by atoms with Gasteiger partial charge in [0, 0.05) is 6.04 Å². The fourth-order valence-electron chi connectivity index (χ4n) is 3.66. The van der Waals surface area contributed by atoms with Crippen LogP contribution in [-0.2, 0) is 4.79 Å². The molecule has 3 N–H and O–H groups in total. The van der Waals surface area contributed by atoms with Crippen molar-refractivity contribution in [2.24, 2.45) is 5.92 Å². The van der Waals surface area contributed by atoms with Crippen molar-refractivity contribution in [3.05, 3.63) is 0 Å². The highest BCUT2D eigenvalue weighted by Gasteiger charge is 2.36. The molecule has 2 saturated carbocycles. The van der Waals surface area contributed by atoms with E-state index in [-0.39, 0.29) is 18.5 Å². The Bertz CT molecular complexity index is 364. The van der Waals surface area contributed by atoms with Gasteiger partial charge >= 0.3 is 12.0 Å². The number of hydrogen-bond donors (Lipinski definition) is 3. The van der Waals surface area contributed by atoms with Crippen molar-refractivity contribution in [1.29, 1.82) is 0 Å². The zero-order chi connectivity index (χ0) is 14.6. The average molecular weight is 282 g/mol.